The van der Waals surface area contributed by atoms with Crippen LogP contribution in [0.15, 0.2) is 24.3 Å². The van der Waals surface area contributed by atoms with E-state index in [9.17, 15) is 0 Å². The van der Waals surface area contributed by atoms with Crippen LogP contribution in [0.4, 0.5) is 0 Å². The molecule has 0 aliphatic carbocycles. The number of halogens is 1. The Kier molecular flexibility index (Phi) is 4.39. The fraction of sp³-hybridized carbons (Fsp3) is 0.455. The summed E-state index contributed by atoms with van der Waals surface area (Å²) in [4.78, 5) is 0. The molecular weight excluding hydrogens is 198 g/mol. The number of hydrogen-bond donors (Lipinski definition) is 1. The highest BCUT2D eigenvalue weighted by molar-refractivity contribution is 6.31. The Morgan fingerprint density at radius 1 is 1.43 bits per heavy atom. The Morgan fingerprint density at radius 3 is 2.57 bits per heavy atom. The van der Waals surface area contributed by atoms with Crippen molar-refractivity contribution >= 4 is 11.6 Å². The van der Waals surface area contributed by atoms with Gasteiger partial charge in [-0.3, -0.25) is 0 Å². The van der Waals surface area contributed by atoms with Crippen LogP contribution in [0, 0.1) is 0 Å². The first kappa shape index (κ1) is 11.5. The Hall–Kier alpha value is -0.570. The third-order valence-corrected chi connectivity index (χ3v) is 2.38. The standard InChI is InChI=1S/C11H16ClNO/c1-3-14-11(8(2)13)9-6-4-5-7-10(9)12/h4-8,11H,3,13H2,1-2H3. The van der Waals surface area contributed by atoms with E-state index < -0.39 is 0 Å². The summed E-state index contributed by atoms with van der Waals surface area (Å²) in [7, 11) is 0. The van der Waals surface area contributed by atoms with Crippen molar-refractivity contribution in [3.05, 3.63) is 34.9 Å². The van der Waals surface area contributed by atoms with Crippen molar-refractivity contribution in [1.29, 1.82) is 0 Å². The van der Waals surface area contributed by atoms with Gasteiger partial charge in [-0.1, -0.05) is 29.8 Å². The molecular formula is C11H16ClNO. The minimum Gasteiger partial charge on any atom is -0.372 e. The van der Waals surface area contributed by atoms with E-state index in [4.69, 9.17) is 22.1 Å². The Bertz CT molecular complexity index is 288. The minimum absolute atomic E-state index is 0.0603. The summed E-state index contributed by atoms with van der Waals surface area (Å²) in [6.07, 6.45) is -0.117. The van der Waals surface area contributed by atoms with E-state index in [1.807, 2.05) is 38.1 Å². The van der Waals surface area contributed by atoms with Gasteiger partial charge in [-0.15, -0.1) is 0 Å². The first-order valence-electron chi connectivity index (χ1n) is 4.78. The van der Waals surface area contributed by atoms with E-state index in [1.165, 1.54) is 0 Å². The molecule has 0 fully saturated rings. The normalized spacial score (nSPS) is 15.1. The molecule has 2 nitrogen and oxygen atoms in total. The largest absolute Gasteiger partial charge is 0.372 e. The molecule has 0 radical (unpaired) electrons. The number of nitrogens with two attached hydrogens (primary N) is 1. The quantitative estimate of drug-likeness (QED) is 0.835. The molecule has 0 aromatic heterocycles. The molecule has 14 heavy (non-hydrogen) atoms. The average molecular weight is 214 g/mol. The maximum Gasteiger partial charge on any atom is 0.0987 e. The van der Waals surface area contributed by atoms with Crippen LogP contribution in [-0.2, 0) is 4.74 Å². The van der Waals surface area contributed by atoms with E-state index >= 15 is 0 Å². The molecule has 1 rings (SSSR count). The summed E-state index contributed by atoms with van der Waals surface area (Å²) in [5, 5.41) is 0.711. The summed E-state index contributed by atoms with van der Waals surface area (Å²) in [5.41, 5.74) is 6.80. The van der Waals surface area contributed by atoms with Crippen LogP contribution in [-0.4, -0.2) is 12.6 Å². The van der Waals surface area contributed by atoms with Crippen molar-refractivity contribution < 1.29 is 4.74 Å². The van der Waals surface area contributed by atoms with Gasteiger partial charge in [0.1, 0.15) is 0 Å². The molecule has 1 aromatic rings. The van der Waals surface area contributed by atoms with Gasteiger partial charge in [0.05, 0.1) is 6.10 Å². The third-order valence-electron chi connectivity index (χ3n) is 2.04. The molecule has 2 atom stereocenters. The summed E-state index contributed by atoms with van der Waals surface area (Å²) in [5.74, 6) is 0. The average Bonchev–Trinajstić information content (AvgIpc) is 2.15. The molecule has 0 bridgehead atoms. The molecule has 2 N–H and O–H groups in total. The van der Waals surface area contributed by atoms with Crippen molar-refractivity contribution in [3.8, 4) is 0 Å². The lowest BCUT2D eigenvalue weighted by Crippen LogP contribution is -2.27. The summed E-state index contributed by atoms with van der Waals surface area (Å²) in [6, 6.07) is 7.58. The zero-order chi connectivity index (χ0) is 10.6. The zero-order valence-corrected chi connectivity index (χ0v) is 9.29. The first-order valence-corrected chi connectivity index (χ1v) is 5.16. The van der Waals surface area contributed by atoms with Gasteiger partial charge in [0.15, 0.2) is 0 Å². The fourth-order valence-corrected chi connectivity index (χ4v) is 1.65. The second kappa shape index (κ2) is 5.35. The second-order valence-corrected chi connectivity index (χ2v) is 3.66. The van der Waals surface area contributed by atoms with Gasteiger partial charge >= 0.3 is 0 Å². The molecule has 0 amide bonds. The first-order chi connectivity index (χ1) is 6.66. The maximum absolute atomic E-state index is 6.06. The van der Waals surface area contributed by atoms with Crippen molar-refractivity contribution in [1.82, 2.24) is 0 Å². The van der Waals surface area contributed by atoms with Gasteiger partial charge < -0.3 is 10.5 Å². The van der Waals surface area contributed by atoms with Crippen LogP contribution in [0.2, 0.25) is 5.02 Å². The van der Waals surface area contributed by atoms with Crippen LogP contribution in [0.3, 0.4) is 0 Å². The lowest BCUT2D eigenvalue weighted by atomic mass is 10.0. The molecule has 0 aliphatic rings. The molecule has 0 saturated heterocycles. The van der Waals surface area contributed by atoms with Gasteiger partial charge in [0.25, 0.3) is 0 Å². The molecule has 0 spiro atoms. The molecule has 2 unspecified atom stereocenters. The van der Waals surface area contributed by atoms with Crippen LogP contribution in [0.1, 0.15) is 25.5 Å². The third kappa shape index (κ3) is 2.71. The van der Waals surface area contributed by atoms with E-state index in [0.29, 0.717) is 11.6 Å². The van der Waals surface area contributed by atoms with Gasteiger partial charge in [-0.2, -0.15) is 0 Å². The Labute approximate surface area is 90.0 Å². The summed E-state index contributed by atoms with van der Waals surface area (Å²) >= 11 is 6.06. The number of rotatable bonds is 4. The highest BCUT2D eigenvalue weighted by Gasteiger charge is 2.18. The monoisotopic (exact) mass is 213 g/mol. The lowest BCUT2D eigenvalue weighted by Gasteiger charge is -2.21. The number of benzene rings is 1. The van der Waals surface area contributed by atoms with Crippen molar-refractivity contribution in [3.63, 3.8) is 0 Å². The number of hydrogen-bond acceptors (Lipinski definition) is 2. The lowest BCUT2D eigenvalue weighted by molar-refractivity contribution is 0.0476. The molecule has 0 heterocycles. The maximum atomic E-state index is 6.06. The predicted molar refractivity (Wildman–Crippen MR) is 59.5 cm³/mol. The van der Waals surface area contributed by atoms with E-state index in [2.05, 4.69) is 0 Å². The molecule has 0 aliphatic heterocycles. The number of ether oxygens (including phenoxy) is 1. The van der Waals surface area contributed by atoms with Gasteiger partial charge in [-0.05, 0) is 19.9 Å². The van der Waals surface area contributed by atoms with Gasteiger partial charge in [0.2, 0.25) is 0 Å². The fourth-order valence-electron chi connectivity index (χ4n) is 1.41. The smallest absolute Gasteiger partial charge is 0.0987 e. The van der Waals surface area contributed by atoms with Crippen molar-refractivity contribution in [2.75, 3.05) is 6.61 Å². The van der Waals surface area contributed by atoms with Crippen LogP contribution in [0.5, 0.6) is 0 Å². The van der Waals surface area contributed by atoms with E-state index in [-0.39, 0.29) is 12.1 Å². The van der Waals surface area contributed by atoms with E-state index in [1.54, 1.807) is 0 Å². The van der Waals surface area contributed by atoms with Crippen molar-refractivity contribution in [2.45, 2.75) is 26.0 Å². The molecule has 78 valence electrons. The second-order valence-electron chi connectivity index (χ2n) is 3.26. The highest BCUT2D eigenvalue weighted by atomic mass is 35.5. The van der Waals surface area contributed by atoms with E-state index in [0.717, 1.165) is 5.56 Å². The molecule has 1 aromatic carbocycles. The van der Waals surface area contributed by atoms with Crippen LogP contribution >= 0.6 is 11.6 Å². The summed E-state index contributed by atoms with van der Waals surface area (Å²) in [6.45, 7) is 4.51. The molecule has 3 heteroatoms. The van der Waals surface area contributed by atoms with Crippen LogP contribution in [0.25, 0.3) is 0 Å². The summed E-state index contributed by atoms with van der Waals surface area (Å²) < 4.78 is 5.56. The Morgan fingerprint density at radius 2 is 2.07 bits per heavy atom. The SMILES string of the molecule is CCOC(c1ccccc1Cl)C(C)N. The molecule has 0 saturated carbocycles. The highest BCUT2D eigenvalue weighted by Crippen LogP contribution is 2.27. The van der Waals surface area contributed by atoms with Gasteiger partial charge in [0, 0.05) is 23.2 Å². The zero-order valence-electron chi connectivity index (χ0n) is 8.53. The van der Waals surface area contributed by atoms with Gasteiger partial charge in [-0.25, -0.2) is 0 Å². The minimum atomic E-state index is -0.117. The van der Waals surface area contributed by atoms with Crippen molar-refractivity contribution in [2.24, 2.45) is 5.73 Å². The topological polar surface area (TPSA) is 35.2 Å². The predicted octanol–water partition coefficient (Wildman–Crippen LogP) is 2.76. The Balaban J connectivity index is 2.93. The van der Waals surface area contributed by atoms with Crippen LogP contribution < -0.4 is 5.73 Å².